The van der Waals surface area contributed by atoms with Crippen molar-refractivity contribution in [1.29, 1.82) is 0 Å². The summed E-state index contributed by atoms with van der Waals surface area (Å²) in [6, 6.07) is 4.68. The molecule has 2 rings (SSSR count). The first-order valence-electron chi connectivity index (χ1n) is 5.13. The SMILES string of the molecule is CC(O)CN1CCNc2ccc(F)cc21. The minimum Gasteiger partial charge on any atom is -0.392 e. The maximum atomic E-state index is 13.1. The normalized spacial score (nSPS) is 16.9. The predicted molar refractivity (Wildman–Crippen MR) is 58.8 cm³/mol. The van der Waals surface area contributed by atoms with Gasteiger partial charge < -0.3 is 15.3 Å². The maximum Gasteiger partial charge on any atom is 0.125 e. The third-order valence-corrected chi connectivity index (χ3v) is 2.48. The lowest BCUT2D eigenvalue weighted by atomic mass is 10.2. The van der Waals surface area contributed by atoms with Gasteiger partial charge in [-0.2, -0.15) is 0 Å². The van der Waals surface area contributed by atoms with Gasteiger partial charge in [-0.15, -0.1) is 0 Å². The van der Waals surface area contributed by atoms with Crippen molar-refractivity contribution in [2.45, 2.75) is 13.0 Å². The minimum atomic E-state index is -0.404. The molecule has 0 fully saturated rings. The van der Waals surface area contributed by atoms with E-state index in [1.165, 1.54) is 12.1 Å². The van der Waals surface area contributed by atoms with Crippen LogP contribution in [0.3, 0.4) is 0 Å². The first-order valence-corrected chi connectivity index (χ1v) is 5.13. The van der Waals surface area contributed by atoms with Gasteiger partial charge in [0.1, 0.15) is 5.82 Å². The minimum absolute atomic E-state index is 0.243. The average Bonchev–Trinajstić information content (AvgIpc) is 2.18. The summed E-state index contributed by atoms with van der Waals surface area (Å²) in [6.45, 7) is 3.89. The molecule has 0 bridgehead atoms. The highest BCUT2D eigenvalue weighted by Crippen LogP contribution is 2.29. The Morgan fingerprint density at radius 2 is 2.40 bits per heavy atom. The highest BCUT2D eigenvalue weighted by Gasteiger charge is 2.17. The molecule has 0 amide bonds. The second kappa shape index (κ2) is 4.06. The van der Waals surface area contributed by atoms with E-state index in [0.717, 1.165) is 24.5 Å². The lowest BCUT2D eigenvalue weighted by Crippen LogP contribution is -2.38. The van der Waals surface area contributed by atoms with Crippen LogP contribution in [0.15, 0.2) is 18.2 Å². The van der Waals surface area contributed by atoms with Crippen LogP contribution in [0, 0.1) is 5.82 Å². The second-order valence-corrected chi connectivity index (χ2v) is 3.88. The third-order valence-electron chi connectivity index (χ3n) is 2.48. The molecule has 1 aliphatic heterocycles. The van der Waals surface area contributed by atoms with Gasteiger partial charge in [0.15, 0.2) is 0 Å². The fourth-order valence-electron chi connectivity index (χ4n) is 1.87. The van der Waals surface area contributed by atoms with Crippen LogP contribution in [0.2, 0.25) is 0 Å². The Hall–Kier alpha value is -1.29. The number of fused-ring (bicyclic) bond motifs is 1. The number of anilines is 2. The van der Waals surface area contributed by atoms with E-state index in [1.54, 1.807) is 13.0 Å². The van der Waals surface area contributed by atoms with Gasteiger partial charge in [-0.25, -0.2) is 4.39 Å². The summed E-state index contributed by atoms with van der Waals surface area (Å²) in [5.41, 5.74) is 1.77. The van der Waals surface area contributed by atoms with Gasteiger partial charge >= 0.3 is 0 Å². The number of aliphatic hydroxyl groups is 1. The fourth-order valence-corrected chi connectivity index (χ4v) is 1.87. The molecule has 2 N–H and O–H groups in total. The molecule has 0 saturated heterocycles. The number of hydrogen-bond donors (Lipinski definition) is 2. The van der Waals surface area contributed by atoms with E-state index in [0.29, 0.717) is 6.54 Å². The van der Waals surface area contributed by atoms with Crippen molar-refractivity contribution in [2.24, 2.45) is 0 Å². The Morgan fingerprint density at radius 1 is 1.60 bits per heavy atom. The number of nitrogens with one attached hydrogen (secondary N) is 1. The van der Waals surface area contributed by atoms with Gasteiger partial charge in [-0.05, 0) is 25.1 Å². The summed E-state index contributed by atoms with van der Waals surface area (Å²) in [5, 5.41) is 12.5. The Balaban J connectivity index is 2.28. The molecule has 1 aromatic carbocycles. The molecule has 0 aromatic heterocycles. The van der Waals surface area contributed by atoms with Gasteiger partial charge in [0, 0.05) is 19.6 Å². The highest BCUT2D eigenvalue weighted by atomic mass is 19.1. The Bertz CT molecular complexity index is 354. The molecule has 15 heavy (non-hydrogen) atoms. The van der Waals surface area contributed by atoms with Crippen molar-refractivity contribution >= 4 is 11.4 Å². The Kier molecular flexibility index (Phi) is 2.77. The molecule has 0 saturated carbocycles. The van der Waals surface area contributed by atoms with E-state index in [2.05, 4.69) is 5.32 Å². The lowest BCUT2D eigenvalue weighted by Gasteiger charge is -2.32. The van der Waals surface area contributed by atoms with E-state index in [4.69, 9.17) is 0 Å². The molecule has 0 radical (unpaired) electrons. The largest absolute Gasteiger partial charge is 0.392 e. The number of nitrogens with zero attached hydrogens (tertiary/aromatic N) is 1. The molecule has 1 unspecified atom stereocenters. The van der Waals surface area contributed by atoms with E-state index in [-0.39, 0.29) is 5.82 Å². The van der Waals surface area contributed by atoms with E-state index < -0.39 is 6.10 Å². The zero-order chi connectivity index (χ0) is 10.8. The van der Waals surface area contributed by atoms with Crippen molar-refractivity contribution in [3.05, 3.63) is 24.0 Å². The summed E-state index contributed by atoms with van der Waals surface area (Å²) >= 11 is 0. The van der Waals surface area contributed by atoms with Crippen LogP contribution in [-0.4, -0.2) is 30.8 Å². The van der Waals surface area contributed by atoms with E-state index in [9.17, 15) is 9.50 Å². The van der Waals surface area contributed by atoms with Crippen molar-refractivity contribution < 1.29 is 9.50 Å². The Morgan fingerprint density at radius 3 is 3.13 bits per heavy atom. The van der Waals surface area contributed by atoms with Crippen LogP contribution in [0.5, 0.6) is 0 Å². The molecule has 82 valence electrons. The summed E-state index contributed by atoms with van der Waals surface area (Å²) in [6.07, 6.45) is -0.404. The molecular weight excluding hydrogens is 195 g/mol. The summed E-state index contributed by atoms with van der Waals surface area (Å²) in [7, 11) is 0. The fraction of sp³-hybridized carbons (Fsp3) is 0.455. The summed E-state index contributed by atoms with van der Waals surface area (Å²) in [5.74, 6) is -0.243. The number of rotatable bonds is 2. The summed E-state index contributed by atoms with van der Waals surface area (Å²) in [4.78, 5) is 2.00. The number of aliphatic hydroxyl groups excluding tert-OH is 1. The molecule has 1 heterocycles. The number of hydrogen-bond acceptors (Lipinski definition) is 3. The maximum absolute atomic E-state index is 13.1. The van der Waals surface area contributed by atoms with Crippen molar-refractivity contribution in [1.82, 2.24) is 0 Å². The summed E-state index contributed by atoms with van der Waals surface area (Å²) < 4.78 is 13.1. The first kappa shape index (κ1) is 10.2. The predicted octanol–water partition coefficient (Wildman–Crippen LogP) is 1.44. The van der Waals surface area contributed by atoms with Gasteiger partial charge in [0.2, 0.25) is 0 Å². The molecule has 0 spiro atoms. The topological polar surface area (TPSA) is 35.5 Å². The van der Waals surface area contributed by atoms with Crippen LogP contribution in [0.25, 0.3) is 0 Å². The molecular formula is C11H15FN2O. The van der Waals surface area contributed by atoms with Gasteiger partial charge in [-0.3, -0.25) is 0 Å². The Labute approximate surface area is 88.5 Å². The molecule has 0 aliphatic carbocycles. The van der Waals surface area contributed by atoms with Crippen molar-refractivity contribution in [2.75, 3.05) is 29.9 Å². The number of halogens is 1. The smallest absolute Gasteiger partial charge is 0.125 e. The quantitative estimate of drug-likeness (QED) is 0.775. The lowest BCUT2D eigenvalue weighted by molar-refractivity contribution is 0.200. The van der Waals surface area contributed by atoms with Crippen LogP contribution in [-0.2, 0) is 0 Å². The first-order chi connectivity index (χ1) is 7.16. The zero-order valence-corrected chi connectivity index (χ0v) is 8.70. The van der Waals surface area contributed by atoms with Gasteiger partial charge in [0.25, 0.3) is 0 Å². The molecule has 1 aromatic rings. The van der Waals surface area contributed by atoms with Crippen molar-refractivity contribution in [3.63, 3.8) is 0 Å². The monoisotopic (exact) mass is 210 g/mol. The third kappa shape index (κ3) is 2.21. The van der Waals surface area contributed by atoms with E-state index >= 15 is 0 Å². The molecule has 4 heteroatoms. The second-order valence-electron chi connectivity index (χ2n) is 3.88. The molecule has 1 aliphatic rings. The highest BCUT2D eigenvalue weighted by molar-refractivity contribution is 5.72. The van der Waals surface area contributed by atoms with Gasteiger partial charge in [0.05, 0.1) is 17.5 Å². The van der Waals surface area contributed by atoms with Crippen LogP contribution < -0.4 is 10.2 Å². The van der Waals surface area contributed by atoms with Crippen LogP contribution >= 0.6 is 0 Å². The van der Waals surface area contributed by atoms with Crippen LogP contribution in [0.4, 0.5) is 15.8 Å². The average molecular weight is 210 g/mol. The molecule has 3 nitrogen and oxygen atoms in total. The van der Waals surface area contributed by atoms with Gasteiger partial charge in [-0.1, -0.05) is 0 Å². The number of benzene rings is 1. The molecule has 1 atom stereocenters. The zero-order valence-electron chi connectivity index (χ0n) is 8.70. The van der Waals surface area contributed by atoms with E-state index in [1.807, 2.05) is 4.90 Å². The standard InChI is InChI=1S/C11H15FN2O/c1-8(15)7-14-5-4-13-10-3-2-9(12)6-11(10)14/h2-3,6,8,13,15H,4-5,7H2,1H3. The number of β-amino-alcohol motifs (C(OH)–C–C–N with tert-alkyl or cyclic N) is 1. The van der Waals surface area contributed by atoms with Crippen molar-refractivity contribution in [3.8, 4) is 0 Å². The van der Waals surface area contributed by atoms with Crippen LogP contribution in [0.1, 0.15) is 6.92 Å².